The van der Waals surface area contributed by atoms with Gasteiger partial charge in [-0.1, -0.05) is 68.2 Å². The van der Waals surface area contributed by atoms with E-state index < -0.39 is 12.0 Å². The van der Waals surface area contributed by atoms with Crippen LogP contribution in [-0.2, 0) is 14.3 Å². The van der Waals surface area contributed by atoms with E-state index in [-0.39, 0.29) is 11.5 Å². The van der Waals surface area contributed by atoms with Crippen molar-refractivity contribution >= 4 is 45.8 Å². The van der Waals surface area contributed by atoms with Gasteiger partial charge in [-0.3, -0.25) is 14.2 Å². The molecule has 1 amide bonds. The molecular formula is C28H29N3O4S2. The number of unbranched alkanes of at least 4 members (excludes halogenated alkanes) is 4. The number of para-hydroxylation sites is 1. The molecule has 1 aromatic carbocycles. The van der Waals surface area contributed by atoms with Crippen LogP contribution in [0.15, 0.2) is 62.8 Å². The summed E-state index contributed by atoms with van der Waals surface area (Å²) in [6.45, 7) is 4.55. The molecule has 0 fully saturated rings. The van der Waals surface area contributed by atoms with Crippen LogP contribution in [-0.4, -0.2) is 30.1 Å². The van der Waals surface area contributed by atoms with Gasteiger partial charge >= 0.3 is 5.97 Å². The molecule has 2 aliphatic rings. The smallest absolute Gasteiger partial charge is 0.338 e. The summed E-state index contributed by atoms with van der Waals surface area (Å²) in [5.41, 5.74) is 2.54. The van der Waals surface area contributed by atoms with E-state index in [0.717, 1.165) is 35.4 Å². The molecule has 37 heavy (non-hydrogen) atoms. The molecule has 1 unspecified atom stereocenters. The van der Waals surface area contributed by atoms with Gasteiger partial charge in [-0.15, -0.1) is 11.3 Å². The van der Waals surface area contributed by atoms with Crippen molar-refractivity contribution in [2.45, 2.75) is 52.0 Å². The monoisotopic (exact) mass is 535 g/mol. The van der Waals surface area contributed by atoms with Crippen molar-refractivity contribution in [1.82, 2.24) is 4.57 Å². The standard InChI is InChI=1S/C28H29N3O4S2/c1-4-5-6-7-10-15-30-19-13-9-8-12-18(19)22(25(30)32)24-26(33)31-23(20-14-11-16-36-20)21(27(34)35-3)17(2)29-28(31)37-24/h8-9,11-14,16,23H,4-7,10,15H2,1-3H3. The normalized spacial score (nSPS) is 18.1. The number of fused-ring (bicyclic) bond motifs is 2. The van der Waals surface area contributed by atoms with Crippen molar-refractivity contribution in [3.63, 3.8) is 0 Å². The maximum Gasteiger partial charge on any atom is 0.338 e. The molecule has 0 saturated heterocycles. The molecule has 0 N–H and O–H groups in total. The summed E-state index contributed by atoms with van der Waals surface area (Å²) in [5, 5.41) is 1.91. The Balaban J connectivity index is 1.66. The van der Waals surface area contributed by atoms with Crippen LogP contribution in [0.4, 0.5) is 5.69 Å². The van der Waals surface area contributed by atoms with Gasteiger partial charge in [0.2, 0.25) is 0 Å². The van der Waals surface area contributed by atoms with Gasteiger partial charge in [-0.05, 0) is 30.9 Å². The average Bonchev–Trinajstić information content (AvgIpc) is 3.60. The number of carbonyl (C=O) groups excluding carboxylic acids is 2. The second-order valence-corrected chi connectivity index (χ2v) is 11.1. The number of thiophene rings is 1. The first kappa shape index (κ1) is 25.4. The molecule has 7 nitrogen and oxygen atoms in total. The Morgan fingerprint density at radius 2 is 1.86 bits per heavy atom. The van der Waals surface area contributed by atoms with E-state index in [2.05, 4.69) is 11.9 Å². The first-order valence-electron chi connectivity index (χ1n) is 12.6. The largest absolute Gasteiger partial charge is 0.466 e. The highest BCUT2D eigenvalue weighted by Gasteiger charge is 2.37. The molecule has 0 saturated carbocycles. The number of benzene rings is 1. The van der Waals surface area contributed by atoms with E-state index in [1.807, 2.05) is 41.8 Å². The third-order valence-corrected chi connectivity index (χ3v) is 8.83. The van der Waals surface area contributed by atoms with Crippen molar-refractivity contribution in [2.75, 3.05) is 18.6 Å². The summed E-state index contributed by atoms with van der Waals surface area (Å²) in [7, 11) is 1.33. The molecule has 1 atom stereocenters. The SMILES string of the molecule is CCCCCCCN1C(=O)C(=c2sc3n(c2=O)C(c2cccs2)C(C(=O)OC)=C(C)N=3)c2ccccc21. The van der Waals surface area contributed by atoms with Crippen LogP contribution >= 0.6 is 22.7 Å². The van der Waals surface area contributed by atoms with Gasteiger partial charge in [0, 0.05) is 17.0 Å². The van der Waals surface area contributed by atoms with Crippen LogP contribution in [0.2, 0.25) is 0 Å². The molecule has 192 valence electrons. The fraction of sp³-hybridized carbons (Fsp3) is 0.357. The van der Waals surface area contributed by atoms with Crippen LogP contribution in [0.3, 0.4) is 0 Å². The number of aromatic nitrogens is 1. The molecule has 4 heterocycles. The molecule has 0 radical (unpaired) electrons. The summed E-state index contributed by atoms with van der Waals surface area (Å²) in [6.07, 6.45) is 5.48. The number of methoxy groups -OCH3 is 1. The number of carbonyl (C=O) groups is 2. The lowest BCUT2D eigenvalue weighted by atomic mass is 10.0. The molecule has 2 aromatic heterocycles. The molecule has 0 spiro atoms. The average molecular weight is 536 g/mol. The van der Waals surface area contributed by atoms with E-state index in [1.54, 1.807) is 16.4 Å². The van der Waals surface area contributed by atoms with Crippen molar-refractivity contribution in [3.05, 3.63) is 83.2 Å². The predicted octanol–water partition coefficient (Wildman–Crippen LogP) is 4.16. The fourth-order valence-corrected chi connectivity index (χ4v) is 7.01. The van der Waals surface area contributed by atoms with E-state index >= 15 is 0 Å². The third-order valence-electron chi connectivity index (χ3n) is 6.85. The zero-order valence-electron chi connectivity index (χ0n) is 21.2. The number of hydrogen-bond donors (Lipinski definition) is 0. The summed E-state index contributed by atoms with van der Waals surface area (Å²) in [6, 6.07) is 10.8. The minimum Gasteiger partial charge on any atom is -0.466 e. The molecule has 5 rings (SSSR count). The maximum absolute atomic E-state index is 14.0. The van der Waals surface area contributed by atoms with E-state index in [1.165, 1.54) is 42.6 Å². The Hall–Kier alpha value is -3.30. The lowest BCUT2D eigenvalue weighted by Crippen LogP contribution is -2.40. The predicted molar refractivity (Wildman–Crippen MR) is 147 cm³/mol. The Morgan fingerprint density at radius 1 is 1.08 bits per heavy atom. The number of hydrogen-bond acceptors (Lipinski definition) is 7. The number of amides is 1. The van der Waals surface area contributed by atoms with Crippen LogP contribution in [0, 0.1) is 0 Å². The lowest BCUT2D eigenvalue weighted by Gasteiger charge is -2.22. The van der Waals surface area contributed by atoms with Crippen molar-refractivity contribution < 1.29 is 14.3 Å². The fourth-order valence-electron chi connectivity index (χ4n) is 5.05. The number of anilines is 1. The zero-order chi connectivity index (χ0) is 26.1. The third kappa shape index (κ3) is 4.40. The number of esters is 1. The van der Waals surface area contributed by atoms with Crippen LogP contribution in [0.5, 0.6) is 0 Å². The number of rotatable bonds is 8. The van der Waals surface area contributed by atoms with Gasteiger partial charge < -0.3 is 9.64 Å². The Kier molecular flexibility index (Phi) is 7.26. The zero-order valence-corrected chi connectivity index (χ0v) is 22.8. The number of thiazole rings is 1. The highest BCUT2D eigenvalue weighted by Crippen LogP contribution is 2.36. The van der Waals surface area contributed by atoms with E-state index in [4.69, 9.17) is 4.74 Å². The number of nitrogens with zero attached hydrogens (tertiary/aromatic N) is 3. The van der Waals surface area contributed by atoms with Gasteiger partial charge in [-0.2, -0.15) is 0 Å². The van der Waals surface area contributed by atoms with Gasteiger partial charge in [0.1, 0.15) is 10.6 Å². The summed E-state index contributed by atoms with van der Waals surface area (Å²) >= 11 is 2.67. The lowest BCUT2D eigenvalue weighted by molar-refractivity contribution is -0.136. The van der Waals surface area contributed by atoms with E-state index in [9.17, 15) is 14.4 Å². The summed E-state index contributed by atoms with van der Waals surface area (Å²) in [5.74, 6) is -0.673. The second kappa shape index (κ2) is 10.6. The number of allylic oxidation sites excluding steroid dienone is 1. The quantitative estimate of drug-likeness (QED) is 0.321. The van der Waals surface area contributed by atoms with Gasteiger partial charge in [0.15, 0.2) is 4.80 Å². The van der Waals surface area contributed by atoms with Gasteiger partial charge in [-0.25, -0.2) is 9.79 Å². The molecular weight excluding hydrogens is 506 g/mol. The minimum absolute atomic E-state index is 0.154. The van der Waals surface area contributed by atoms with Gasteiger partial charge in [0.25, 0.3) is 11.5 Å². The first-order chi connectivity index (χ1) is 18.0. The maximum atomic E-state index is 14.0. The number of ether oxygens (including phenoxy) is 1. The first-order valence-corrected chi connectivity index (χ1v) is 14.3. The Labute approximate surface area is 223 Å². The van der Waals surface area contributed by atoms with Gasteiger partial charge in [0.05, 0.1) is 29.6 Å². The molecule has 3 aromatic rings. The highest BCUT2D eigenvalue weighted by atomic mass is 32.1. The summed E-state index contributed by atoms with van der Waals surface area (Å²) < 4.78 is 6.95. The highest BCUT2D eigenvalue weighted by molar-refractivity contribution is 7.10. The molecule has 0 aliphatic carbocycles. The Morgan fingerprint density at radius 3 is 2.59 bits per heavy atom. The molecule has 0 bridgehead atoms. The van der Waals surface area contributed by atoms with Crippen LogP contribution in [0.25, 0.3) is 5.57 Å². The van der Waals surface area contributed by atoms with Crippen molar-refractivity contribution in [1.29, 1.82) is 0 Å². The molecule has 9 heteroatoms. The minimum atomic E-state index is -0.653. The Bertz CT molecular complexity index is 1560. The topological polar surface area (TPSA) is 81.0 Å². The van der Waals surface area contributed by atoms with Crippen LogP contribution < -0.4 is 19.8 Å². The van der Waals surface area contributed by atoms with Crippen molar-refractivity contribution in [2.24, 2.45) is 4.99 Å². The second-order valence-electron chi connectivity index (χ2n) is 9.17. The summed E-state index contributed by atoms with van der Waals surface area (Å²) in [4.78, 5) is 48.3. The van der Waals surface area contributed by atoms with Crippen LogP contribution in [0.1, 0.15) is 62.4 Å². The van der Waals surface area contributed by atoms with E-state index in [0.29, 0.717) is 32.7 Å². The van der Waals surface area contributed by atoms with Crippen molar-refractivity contribution in [3.8, 4) is 0 Å². The molecule has 2 aliphatic heterocycles.